The second-order valence-electron chi connectivity index (χ2n) is 5.08. The van der Waals surface area contributed by atoms with Gasteiger partial charge in [0.2, 0.25) is 0 Å². The number of methoxy groups -OCH3 is 1. The number of carbonyl (C=O) groups excluding carboxylic acids is 1. The maximum Gasteiger partial charge on any atom is 0.322 e. The largest absolute Gasteiger partial charge is 0.497 e. The Kier molecular flexibility index (Phi) is 5.24. The predicted octanol–water partition coefficient (Wildman–Crippen LogP) is 2.43. The monoisotopic (exact) mass is 277 g/mol. The second kappa shape index (κ2) is 7.14. The van der Waals surface area contributed by atoms with Gasteiger partial charge in [-0.15, -0.1) is 0 Å². The number of nitrogens with zero attached hydrogens (tertiary/aromatic N) is 1. The highest BCUT2D eigenvalue weighted by Crippen LogP contribution is 2.21. The van der Waals surface area contributed by atoms with E-state index in [1.165, 1.54) is 6.42 Å². The van der Waals surface area contributed by atoms with Crippen LogP contribution >= 0.6 is 0 Å². The third-order valence-electron chi connectivity index (χ3n) is 3.73. The number of urea groups is 1. The van der Waals surface area contributed by atoms with Crippen LogP contribution in [0.2, 0.25) is 0 Å². The van der Waals surface area contributed by atoms with Crippen LogP contribution in [-0.2, 0) is 0 Å². The molecule has 0 saturated carbocycles. The van der Waals surface area contributed by atoms with Crippen LogP contribution in [0.15, 0.2) is 24.3 Å². The maximum absolute atomic E-state index is 12.3. The first-order valence-electron chi connectivity index (χ1n) is 7.16. The number of likely N-dealkylation sites (tertiary alicyclic amines) is 1. The molecule has 1 aliphatic heterocycles. The van der Waals surface area contributed by atoms with Gasteiger partial charge in [-0.1, -0.05) is 0 Å². The average molecular weight is 277 g/mol. The molecule has 1 saturated heterocycles. The van der Waals surface area contributed by atoms with Crippen molar-refractivity contribution < 1.29 is 9.53 Å². The summed E-state index contributed by atoms with van der Waals surface area (Å²) in [6.07, 6.45) is 4.16. The number of hydrogen-bond donors (Lipinski definition) is 2. The molecule has 5 nitrogen and oxygen atoms in total. The number of nitrogens with one attached hydrogen (secondary N) is 1. The Labute approximate surface area is 120 Å². The molecule has 2 rings (SSSR count). The third-order valence-corrected chi connectivity index (χ3v) is 3.73. The van der Waals surface area contributed by atoms with E-state index in [1.807, 2.05) is 29.2 Å². The summed E-state index contributed by atoms with van der Waals surface area (Å²) in [6.45, 7) is 1.43. The molecule has 1 aromatic rings. The van der Waals surface area contributed by atoms with Crippen LogP contribution in [0.5, 0.6) is 5.75 Å². The van der Waals surface area contributed by atoms with Crippen molar-refractivity contribution in [1.29, 1.82) is 0 Å². The highest BCUT2D eigenvalue weighted by molar-refractivity contribution is 5.89. The van der Waals surface area contributed by atoms with E-state index in [9.17, 15) is 4.79 Å². The lowest BCUT2D eigenvalue weighted by molar-refractivity contribution is 0.159. The highest BCUT2D eigenvalue weighted by atomic mass is 16.5. The summed E-state index contributed by atoms with van der Waals surface area (Å²) < 4.78 is 5.10. The van der Waals surface area contributed by atoms with Gasteiger partial charge in [-0.2, -0.15) is 0 Å². The molecule has 0 bridgehead atoms. The van der Waals surface area contributed by atoms with Gasteiger partial charge in [-0.3, -0.25) is 0 Å². The average Bonchev–Trinajstić information content (AvgIpc) is 2.49. The predicted molar refractivity (Wildman–Crippen MR) is 80.0 cm³/mol. The van der Waals surface area contributed by atoms with Gasteiger partial charge in [0.15, 0.2) is 0 Å². The molecule has 0 spiro atoms. The van der Waals surface area contributed by atoms with E-state index in [4.69, 9.17) is 10.5 Å². The van der Waals surface area contributed by atoms with Crippen LogP contribution in [0.4, 0.5) is 10.5 Å². The Balaban J connectivity index is 1.98. The van der Waals surface area contributed by atoms with Gasteiger partial charge in [-0.05, 0) is 56.5 Å². The molecule has 1 unspecified atom stereocenters. The smallest absolute Gasteiger partial charge is 0.322 e. The molecule has 1 heterocycles. The number of carbonyl (C=O) groups is 1. The lowest BCUT2D eigenvalue weighted by Crippen LogP contribution is -2.46. The van der Waals surface area contributed by atoms with Crippen LogP contribution in [0.25, 0.3) is 0 Å². The first kappa shape index (κ1) is 14.7. The van der Waals surface area contributed by atoms with Crippen molar-refractivity contribution in [3.63, 3.8) is 0 Å². The van der Waals surface area contributed by atoms with Gasteiger partial charge in [-0.25, -0.2) is 4.79 Å². The zero-order valence-electron chi connectivity index (χ0n) is 12.0. The molecule has 1 aliphatic rings. The van der Waals surface area contributed by atoms with Crippen molar-refractivity contribution in [2.24, 2.45) is 5.73 Å². The van der Waals surface area contributed by atoms with Crippen molar-refractivity contribution in [1.82, 2.24) is 4.90 Å². The van der Waals surface area contributed by atoms with Crippen LogP contribution in [-0.4, -0.2) is 37.2 Å². The Hall–Kier alpha value is -1.75. The maximum atomic E-state index is 12.3. The molecule has 0 aromatic heterocycles. The van der Waals surface area contributed by atoms with E-state index in [2.05, 4.69) is 5.32 Å². The van der Waals surface area contributed by atoms with E-state index >= 15 is 0 Å². The number of amides is 2. The standard InChI is InChI=1S/C15H23N3O2/c1-20-14-7-5-12(6-8-14)17-15(19)18-11-3-2-4-13(18)9-10-16/h5-8,13H,2-4,9-11,16H2,1H3,(H,17,19). The van der Waals surface area contributed by atoms with Gasteiger partial charge in [0, 0.05) is 18.3 Å². The number of piperidine rings is 1. The van der Waals surface area contributed by atoms with Crippen molar-refractivity contribution >= 4 is 11.7 Å². The fourth-order valence-corrected chi connectivity index (χ4v) is 2.63. The molecule has 0 aliphatic carbocycles. The minimum absolute atomic E-state index is 0.0340. The minimum Gasteiger partial charge on any atom is -0.497 e. The zero-order valence-corrected chi connectivity index (χ0v) is 12.0. The fraction of sp³-hybridized carbons (Fsp3) is 0.533. The molecule has 1 fully saturated rings. The molecule has 3 N–H and O–H groups in total. The number of rotatable bonds is 4. The number of benzene rings is 1. The summed E-state index contributed by atoms with van der Waals surface area (Å²) in [4.78, 5) is 14.3. The molecule has 20 heavy (non-hydrogen) atoms. The van der Waals surface area contributed by atoms with Crippen molar-refractivity contribution in [3.05, 3.63) is 24.3 Å². The Bertz CT molecular complexity index is 431. The lowest BCUT2D eigenvalue weighted by Gasteiger charge is -2.35. The van der Waals surface area contributed by atoms with Gasteiger partial charge < -0.3 is 20.7 Å². The van der Waals surface area contributed by atoms with E-state index in [0.29, 0.717) is 6.54 Å². The quantitative estimate of drug-likeness (QED) is 0.888. The van der Waals surface area contributed by atoms with E-state index in [-0.39, 0.29) is 12.1 Å². The molecule has 110 valence electrons. The molecule has 5 heteroatoms. The summed E-state index contributed by atoms with van der Waals surface area (Å²) in [5.41, 5.74) is 6.42. The van der Waals surface area contributed by atoms with Gasteiger partial charge in [0.25, 0.3) is 0 Å². The van der Waals surface area contributed by atoms with Crippen LogP contribution < -0.4 is 15.8 Å². The van der Waals surface area contributed by atoms with Gasteiger partial charge in [0.05, 0.1) is 7.11 Å². The SMILES string of the molecule is COc1ccc(NC(=O)N2CCCCC2CCN)cc1. The fourth-order valence-electron chi connectivity index (χ4n) is 2.63. The second-order valence-corrected chi connectivity index (χ2v) is 5.08. The minimum atomic E-state index is -0.0340. The summed E-state index contributed by atoms with van der Waals surface area (Å²) >= 11 is 0. The molecular weight excluding hydrogens is 254 g/mol. The Morgan fingerprint density at radius 1 is 1.40 bits per heavy atom. The molecular formula is C15H23N3O2. The Morgan fingerprint density at radius 2 is 2.15 bits per heavy atom. The summed E-state index contributed by atoms with van der Waals surface area (Å²) in [5, 5.41) is 2.94. The third kappa shape index (κ3) is 3.63. The molecule has 1 atom stereocenters. The zero-order chi connectivity index (χ0) is 14.4. The van der Waals surface area contributed by atoms with Crippen molar-refractivity contribution in [2.75, 3.05) is 25.5 Å². The normalized spacial score (nSPS) is 18.7. The highest BCUT2D eigenvalue weighted by Gasteiger charge is 2.25. The summed E-state index contributed by atoms with van der Waals surface area (Å²) in [6, 6.07) is 7.60. The Morgan fingerprint density at radius 3 is 2.80 bits per heavy atom. The summed E-state index contributed by atoms with van der Waals surface area (Å²) in [5.74, 6) is 0.780. The van der Waals surface area contributed by atoms with Crippen LogP contribution in [0, 0.1) is 0 Å². The number of anilines is 1. The van der Waals surface area contributed by atoms with E-state index in [0.717, 1.165) is 37.2 Å². The van der Waals surface area contributed by atoms with Crippen molar-refractivity contribution in [3.8, 4) is 5.75 Å². The first-order valence-corrected chi connectivity index (χ1v) is 7.16. The van der Waals surface area contributed by atoms with E-state index in [1.54, 1.807) is 7.11 Å². The van der Waals surface area contributed by atoms with Crippen molar-refractivity contribution in [2.45, 2.75) is 31.7 Å². The summed E-state index contributed by atoms with van der Waals surface area (Å²) in [7, 11) is 1.62. The molecule has 2 amide bonds. The molecule has 1 aromatic carbocycles. The van der Waals surface area contributed by atoms with E-state index < -0.39 is 0 Å². The van der Waals surface area contributed by atoms with Gasteiger partial charge >= 0.3 is 6.03 Å². The van der Waals surface area contributed by atoms with Crippen LogP contribution in [0.1, 0.15) is 25.7 Å². The number of nitrogens with two attached hydrogens (primary N) is 1. The lowest BCUT2D eigenvalue weighted by atomic mass is 10.00. The van der Waals surface area contributed by atoms with Gasteiger partial charge in [0.1, 0.15) is 5.75 Å². The number of ether oxygens (including phenoxy) is 1. The molecule has 0 radical (unpaired) electrons. The van der Waals surface area contributed by atoms with Crippen LogP contribution in [0.3, 0.4) is 0 Å². The topological polar surface area (TPSA) is 67.6 Å². The number of hydrogen-bond acceptors (Lipinski definition) is 3. The first-order chi connectivity index (χ1) is 9.74.